The standard InChI is InChI=1S/C28H30N4O2S/c29-24-5-3-21(26-2-1-17-35-26)19-23(24)28(8-9-28)30-27(33)22-4-6-25-20(18-22)7-10-32(25)12-11-31-13-15-34-16-14-31/h1-7,10,17-19H,8-9,11-16,29H2,(H,30,33). The summed E-state index contributed by atoms with van der Waals surface area (Å²) in [6.07, 6.45) is 3.92. The Hall–Kier alpha value is -3.13. The van der Waals surface area contributed by atoms with Gasteiger partial charge in [0.2, 0.25) is 0 Å². The Bertz CT molecular complexity index is 1350. The first-order valence-corrected chi connectivity index (χ1v) is 13.1. The Balaban J connectivity index is 1.18. The van der Waals surface area contributed by atoms with Crippen molar-refractivity contribution in [1.29, 1.82) is 0 Å². The van der Waals surface area contributed by atoms with Gasteiger partial charge in [-0.2, -0.15) is 0 Å². The smallest absolute Gasteiger partial charge is 0.251 e. The summed E-state index contributed by atoms with van der Waals surface area (Å²) in [7, 11) is 0. The van der Waals surface area contributed by atoms with Crippen molar-refractivity contribution >= 4 is 33.8 Å². The van der Waals surface area contributed by atoms with E-state index in [4.69, 9.17) is 10.5 Å². The van der Waals surface area contributed by atoms with E-state index in [0.717, 1.165) is 80.0 Å². The number of nitrogens with one attached hydrogen (secondary N) is 1. The molecule has 3 N–H and O–H groups in total. The van der Waals surface area contributed by atoms with Gasteiger partial charge < -0.3 is 20.4 Å². The number of hydrogen-bond acceptors (Lipinski definition) is 5. The molecule has 0 atom stereocenters. The Labute approximate surface area is 209 Å². The van der Waals surface area contributed by atoms with Gasteiger partial charge in [0.05, 0.1) is 18.8 Å². The molecule has 0 bridgehead atoms. The molecular formula is C28H30N4O2S. The fourth-order valence-electron chi connectivity index (χ4n) is 5.05. The first-order chi connectivity index (χ1) is 17.1. The largest absolute Gasteiger partial charge is 0.398 e. The molecule has 35 heavy (non-hydrogen) atoms. The maximum absolute atomic E-state index is 13.3. The third kappa shape index (κ3) is 4.47. The number of nitrogens with two attached hydrogens (primary N) is 1. The summed E-state index contributed by atoms with van der Waals surface area (Å²) in [6, 6.07) is 18.4. The zero-order valence-corrected chi connectivity index (χ0v) is 20.5. The van der Waals surface area contributed by atoms with E-state index in [1.165, 1.54) is 4.88 Å². The van der Waals surface area contributed by atoms with E-state index >= 15 is 0 Å². The molecule has 1 saturated heterocycles. The van der Waals surface area contributed by atoms with Crippen LogP contribution < -0.4 is 11.1 Å². The lowest BCUT2D eigenvalue weighted by Crippen LogP contribution is -2.38. The van der Waals surface area contributed by atoms with Gasteiger partial charge in [-0.15, -0.1) is 11.3 Å². The summed E-state index contributed by atoms with van der Waals surface area (Å²) < 4.78 is 7.72. The second kappa shape index (κ2) is 9.15. The number of thiophene rings is 1. The molecule has 6 rings (SSSR count). The number of nitrogen functional groups attached to an aromatic ring is 1. The molecule has 0 spiro atoms. The molecule has 0 radical (unpaired) electrons. The average molecular weight is 487 g/mol. The number of ether oxygens (including phenoxy) is 1. The SMILES string of the molecule is Nc1ccc(-c2cccs2)cc1C1(NC(=O)c2ccc3c(ccn3CCN3CCOCC3)c2)CC1. The van der Waals surface area contributed by atoms with E-state index in [1.807, 2.05) is 18.2 Å². The highest BCUT2D eigenvalue weighted by atomic mass is 32.1. The molecule has 7 heteroatoms. The molecule has 2 fully saturated rings. The summed E-state index contributed by atoms with van der Waals surface area (Å²) in [5, 5.41) is 6.47. The molecular weight excluding hydrogens is 456 g/mol. The number of aromatic nitrogens is 1. The van der Waals surface area contributed by atoms with Gasteiger partial charge in [0, 0.05) is 65.0 Å². The lowest BCUT2D eigenvalue weighted by molar-refractivity contribution is 0.0365. The number of fused-ring (bicyclic) bond motifs is 1. The van der Waals surface area contributed by atoms with Crippen LogP contribution in [0.3, 0.4) is 0 Å². The van der Waals surface area contributed by atoms with E-state index in [2.05, 4.69) is 62.8 Å². The van der Waals surface area contributed by atoms with Crippen LogP contribution in [0.5, 0.6) is 0 Å². The van der Waals surface area contributed by atoms with Crippen molar-refractivity contribution in [2.24, 2.45) is 0 Å². The number of hydrogen-bond donors (Lipinski definition) is 2. The summed E-state index contributed by atoms with van der Waals surface area (Å²) in [5.74, 6) is -0.0496. The van der Waals surface area contributed by atoms with Crippen molar-refractivity contribution in [2.75, 3.05) is 38.6 Å². The Morgan fingerprint density at radius 2 is 1.91 bits per heavy atom. The van der Waals surface area contributed by atoms with E-state index in [9.17, 15) is 4.79 Å². The minimum atomic E-state index is -0.381. The highest BCUT2D eigenvalue weighted by Gasteiger charge is 2.47. The fourth-order valence-corrected chi connectivity index (χ4v) is 5.78. The highest BCUT2D eigenvalue weighted by molar-refractivity contribution is 7.13. The van der Waals surface area contributed by atoms with Gasteiger partial charge in [-0.25, -0.2) is 0 Å². The van der Waals surface area contributed by atoms with Crippen LogP contribution in [-0.2, 0) is 16.8 Å². The van der Waals surface area contributed by atoms with Crippen molar-refractivity contribution in [3.8, 4) is 10.4 Å². The number of carbonyl (C=O) groups is 1. The van der Waals surface area contributed by atoms with Crippen LogP contribution in [0.15, 0.2) is 66.2 Å². The molecule has 0 unspecified atom stereocenters. The van der Waals surface area contributed by atoms with Crippen LogP contribution in [0.4, 0.5) is 5.69 Å². The molecule has 3 heterocycles. The topological polar surface area (TPSA) is 72.5 Å². The average Bonchev–Trinajstić information content (AvgIpc) is 3.28. The predicted molar refractivity (Wildman–Crippen MR) is 142 cm³/mol. The van der Waals surface area contributed by atoms with Crippen molar-refractivity contribution in [3.63, 3.8) is 0 Å². The summed E-state index contributed by atoms with van der Waals surface area (Å²) in [5.41, 5.74) is 10.7. The minimum absolute atomic E-state index is 0.0496. The Kier molecular flexibility index (Phi) is 5.84. The van der Waals surface area contributed by atoms with Gasteiger partial charge in [0.1, 0.15) is 0 Å². The van der Waals surface area contributed by atoms with Crippen LogP contribution in [0.2, 0.25) is 0 Å². The third-order valence-electron chi connectivity index (χ3n) is 7.27. The van der Waals surface area contributed by atoms with E-state index in [0.29, 0.717) is 5.56 Å². The molecule has 4 aromatic rings. The molecule has 1 aliphatic heterocycles. The van der Waals surface area contributed by atoms with Crippen LogP contribution in [-0.4, -0.2) is 48.2 Å². The van der Waals surface area contributed by atoms with Crippen molar-refractivity contribution < 1.29 is 9.53 Å². The molecule has 6 nitrogen and oxygen atoms in total. The summed E-state index contributed by atoms with van der Waals surface area (Å²) in [6.45, 7) is 5.55. The number of morpholine rings is 1. The van der Waals surface area contributed by atoms with Crippen molar-refractivity contribution in [1.82, 2.24) is 14.8 Å². The minimum Gasteiger partial charge on any atom is -0.398 e. The first-order valence-electron chi connectivity index (χ1n) is 12.3. The van der Waals surface area contributed by atoms with Gasteiger partial charge in [-0.05, 0) is 66.2 Å². The number of carbonyl (C=O) groups excluding carboxylic acids is 1. The zero-order chi connectivity index (χ0) is 23.8. The van der Waals surface area contributed by atoms with Gasteiger partial charge in [-0.3, -0.25) is 9.69 Å². The maximum atomic E-state index is 13.3. The Morgan fingerprint density at radius 3 is 2.69 bits per heavy atom. The second-order valence-electron chi connectivity index (χ2n) is 9.55. The van der Waals surface area contributed by atoms with Gasteiger partial charge in [0.15, 0.2) is 0 Å². The number of benzene rings is 2. The fraction of sp³-hybridized carbons (Fsp3) is 0.321. The third-order valence-corrected chi connectivity index (χ3v) is 8.19. The normalized spacial score (nSPS) is 17.5. The van der Waals surface area contributed by atoms with E-state index in [-0.39, 0.29) is 11.4 Å². The monoisotopic (exact) mass is 486 g/mol. The summed E-state index contributed by atoms with van der Waals surface area (Å²) >= 11 is 1.71. The highest BCUT2D eigenvalue weighted by Crippen LogP contribution is 2.49. The molecule has 2 aliphatic rings. The Morgan fingerprint density at radius 1 is 1.06 bits per heavy atom. The molecule has 2 aromatic heterocycles. The van der Waals surface area contributed by atoms with Crippen LogP contribution >= 0.6 is 11.3 Å². The number of amides is 1. The van der Waals surface area contributed by atoms with Crippen LogP contribution in [0.25, 0.3) is 21.3 Å². The van der Waals surface area contributed by atoms with Crippen LogP contribution in [0.1, 0.15) is 28.8 Å². The molecule has 1 saturated carbocycles. The lowest BCUT2D eigenvalue weighted by atomic mass is 9.98. The predicted octanol–water partition coefficient (Wildman–Crippen LogP) is 4.70. The van der Waals surface area contributed by atoms with Crippen molar-refractivity contribution in [2.45, 2.75) is 24.9 Å². The van der Waals surface area contributed by atoms with Gasteiger partial charge >= 0.3 is 0 Å². The zero-order valence-electron chi connectivity index (χ0n) is 19.7. The van der Waals surface area contributed by atoms with Crippen LogP contribution in [0, 0.1) is 0 Å². The number of rotatable bonds is 7. The van der Waals surface area contributed by atoms with Crippen molar-refractivity contribution in [3.05, 3.63) is 77.3 Å². The molecule has 2 aromatic carbocycles. The van der Waals surface area contributed by atoms with Gasteiger partial charge in [0.25, 0.3) is 5.91 Å². The number of anilines is 1. The van der Waals surface area contributed by atoms with Gasteiger partial charge in [-0.1, -0.05) is 12.1 Å². The number of nitrogens with zero attached hydrogens (tertiary/aromatic N) is 2. The molecule has 1 amide bonds. The maximum Gasteiger partial charge on any atom is 0.251 e. The molecule has 1 aliphatic carbocycles. The molecule has 180 valence electrons. The summed E-state index contributed by atoms with van der Waals surface area (Å²) in [4.78, 5) is 16.9. The quantitative estimate of drug-likeness (QED) is 0.371. The lowest BCUT2D eigenvalue weighted by Gasteiger charge is -2.26. The second-order valence-corrected chi connectivity index (χ2v) is 10.5. The van der Waals surface area contributed by atoms with E-state index < -0.39 is 0 Å². The van der Waals surface area contributed by atoms with E-state index in [1.54, 1.807) is 11.3 Å². The first kappa shape index (κ1) is 22.3.